The first-order valence-electron chi connectivity index (χ1n) is 16.7. The number of nitrogens with zero attached hydrogens (tertiary/aromatic N) is 7. The molecule has 0 saturated carbocycles. The van der Waals surface area contributed by atoms with Gasteiger partial charge in [-0.2, -0.15) is 5.26 Å². The van der Waals surface area contributed by atoms with Gasteiger partial charge in [-0.3, -0.25) is 4.90 Å². The van der Waals surface area contributed by atoms with E-state index in [-0.39, 0.29) is 34.2 Å². The van der Waals surface area contributed by atoms with Crippen molar-refractivity contribution < 1.29 is 17.9 Å². The zero-order valence-electron chi connectivity index (χ0n) is 27.8. The fourth-order valence-corrected chi connectivity index (χ4v) is 9.03. The maximum Gasteiger partial charge on any atom is 0.269 e. The lowest BCUT2D eigenvalue weighted by molar-refractivity contribution is -0.00921. The van der Waals surface area contributed by atoms with Gasteiger partial charge in [-0.15, -0.1) is 0 Å². The number of aromatic hydroxyl groups is 1. The number of likely N-dealkylation sites (N-methyl/N-ethyl adjacent to an activating group) is 1. The van der Waals surface area contributed by atoms with E-state index >= 15 is 0 Å². The van der Waals surface area contributed by atoms with Crippen LogP contribution in [0.4, 0.5) is 10.2 Å². The summed E-state index contributed by atoms with van der Waals surface area (Å²) >= 11 is 0. The Morgan fingerprint density at radius 2 is 1.80 bits per heavy atom. The number of pyridine rings is 2. The SMILES string of the molecule is Cc1ccc(S(=O)(=O)n2c(C3=CCN(C)CC3)cc3c(-c4ccc(N5CC6CC(C5)N6Cc5cc(F)ccc5O)nc4)c(C#N)cnc32)cc1. The van der Waals surface area contributed by atoms with Crippen molar-refractivity contribution in [2.24, 2.45) is 0 Å². The molecule has 10 nitrogen and oxygen atoms in total. The normalized spacial score (nSPS) is 19.6. The average Bonchev–Trinajstić information content (AvgIpc) is 3.52. The second-order valence-electron chi connectivity index (χ2n) is 13.5. The van der Waals surface area contributed by atoms with E-state index in [1.165, 1.54) is 28.4 Å². The van der Waals surface area contributed by atoms with Crippen molar-refractivity contribution in [1.82, 2.24) is 23.7 Å². The number of nitriles is 1. The largest absolute Gasteiger partial charge is 0.508 e. The summed E-state index contributed by atoms with van der Waals surface area (Å²) in [5.41, 5.74) is 4.88. The molecule has 2 aromatic carbocycles. The van der Waals surface area contributed by atoms with Gasteiger partial charge in [0.25, 0.3) is 10.0 Å². The van der Waals surface area contributed by atoms with Crippen LogP contribution >= 0.6 is 0 Å². The van der Waals surface area contributed by atoms with E-state index in [4.69, 9.17) is 4.98 Å². The highest BCUT2D eigenvalue weighted by Crippen LogP contribution is 2.40. The van der Waals surface area contributed by atoms with E-state index in [0.29, 0.717) is 52.8 Å². The third-order valence-corrected chi connectivity index (χ3v) is 12.0. The summed E-state index contributed by atoms with van der Waals surface area (Å²) in [5, 5.41) is 21.0. The van der Waals surface area contributed by atoms with Gasteiger partial charge in [0, 0.05) is 79.3 Å². The van der Waals surface area contributed by atoms with E-state index in [1.807, 2.05) is 32.2 Å². The van der Waals surface area contributed by atoms with Gasteiger partial charge in [0.05, 0.1) is 16.2 Å². The second kappa shape index (κ2) is 12.4. The number of aryl methyl sites for hydroxylation is 1. The average molecular weight is 690 g/mol. The van der Waals surface area contributed by atoms with E-state index in [0.717, 1.165) is 43.0 Å². The molecule has 2 atom stereocenters. The minimum atomic E-state index is -4.04. The standard InChI is InChI=1S/C38H36FN7O3S/c1-24-3-7-32(8-4-24)50(48,49)46-34(25-11-13-43(2)14-12-25)17-33-37(28(18-40)20-42-38(33)46)26-5-10-36(41-19-26)44-22-30-16-31(23-44)45(30)21-27-15-29(39)6-9-35(27)47/h3-11,15,17,19-20,30-31,47H,12-14,16,21-23H2,1-2H3. The number of halogens is 1. The first kappa shape index (κ1) is 32.1. The molecule has 0 spiro atoms. The summed E-state index contributed by atoms with van der Waals surface area (Å²) in [4.78, 5) is 16.3. The first-order chi connectivity index (χ1) is 24.1. The van der Waals surface area contributed by atoms with Gasteiger partial charge >= 0.3 is 0 Å². The highest BCUT2D eigenvalue weighted by Gasteiger charge is 2.45. The van der Waals surface area contributed by atoms with Crippen molar-refractivity contribution in [1.29, 1.82) is 5.26 Å². The van der Waals surface area contributed by atoms with Gasteiger partial charge in [-0.25, -0.2) is 26.7 Å². The Morgan fingerprint density at radius 1 is 1.02 bits per heavy atom. The molecular formula is C38H36FN7O3S. The molecule has 0 amide bonds. The van der Waals surface area contributed by atoms with Crippen molar-refractivity contribution >= 4 is 32.4 Å². The van der Waals surface area contributed by atoms with Crippen molar-refractivity contribution in [2.75, 3.05) is 38.1 Å². The highest BCUT2D eigenvalue weighted by molar-refractivity contribution is 7.90. The molecule has 9 rings (SSSR count). The summed E-state index contributed by atoms with van der Waals surface area (Å²) in [5.74, 6) is 0.544. The highest BCUT2D eigenvalue weighted by atomic mass is 32.2. The van der Waals surface area contributed by atoms with Crippen LogP contribution < -0.4 is 4.90 Å². The van der Waals surface area contributed by atoms with Crippen LogP contribution in [0.5, 0.6) is 5.75 Å². The molecule has 2 bridgehead atoms. The molecule has 4 aliphatic rings. The number of hydrogen-bond donors (Lipinski definition) is 1. The van der Waals surface area contributed by atoms with Crippen LogP contribution in [0.15, 0.2) is 84.0 Å². The Hall–Kier alpha value is -5.09. The zero-order chi connectivity index (χ0) is 34.7. The van der Waals surface area contributed by atoms with Crippen molar-refractivity contribution in [3.8, 4) is 22.9 Å². The smallest absolute Gasteiger partial charge is 0.269 e. The molecule has 3 aromatic heterocycles. The lowest BCUT2D eigenvalue weighted by atomic mass is 9.86. The minimum Gasteiger partial charge on any atom is -0.508 e. The maximum absolute atomic E-state index is 14.3. The molecular weight excluding hydrogens is 654 g/mol. The topological polar surface area (TPSA) is 119 Å². The monoisotopic (exact) mass is 689 g/mol. The molecule has 0 radical (unpaired) electrons. The Kier molecular flexibility index (Phi) is 7.94. The number of hydrogen-bond acceptors (Lipinski definition) is 9. The Bertz CT molecular complexity index is 2300. The third-order valence-electron chi connectivity index (χ3n) is 10.3. The fraction of sp³-hybridized carbons (Fsp3) is 0.289. The summed E-state index contributed by atoms with van der Waals surface area (Å²) in [6, 6.07) is 19.4. The van der Waals surface area contributed by atoms with Crippen molar-refractivity contribution in [3.63, 3.8) is 0 Å². The van der Waals surface area contributed by atoms with Crippen molar-refractivity contribution in [2.45, 2.75) is 43.3 Å². The molecule has 7 heterocycles. The Morgan fingerprint density at radius 3 is 2.48 bits per heavy atom. The molecule has 254 valence electrons. The number of anilines is 1. The predicted octanol–water partition coefficient (Wildman–Crippen LogP) is 5.54. The van der Waals surface area contributed by atoms with E-state index in [2.05, 4.69) is 31.8 Å². The quantitative estimate of drug-likeness (QED) is 0.235. The zero-order valence-corrected chi connectivity index (χ0v) is 28.6. The molecule has 50 heavy (non-hydrogen) atoms. The number of benzene rings is 2. The molecule has 4 aliphatic heterocycles. The lowest BCUT2D eigenvalue weighted by Gasteiger charge is -2.56. The van der Waals surface area contributed by atoms with Gasteiger partial charge in [-0.1, -0.05) is 23.8 Å². The third kappa shape index (κ3) is 5.51. The predicted molar refractivity (Wildman–Crippen MR) is 190 cm³/mol. The number of rotatable bonds is 7. The van der Waals surface area contributed by atoms with E-state index < -0.39 is 10.0 Å². The number of piperazine rings is 1. The van der Waals surface area contributed by atoms with Crippen LogP contribution in [-0.4, -0.2) is 82.6 Å². The van der Waals surface area contributed by atoms with Crippen LogP contribution in [0.25, 0.3) is 27.7 Å². The molecule has 3 fully saturated rings. The minimum absolute atomic E-state index is 0.103. The Labute approximate surface area is 290 Å². The molecule has 1 N–H and O–H groups in total. The second-order valence-corrected chi connectivity index (χ2v) is 15.3. The van der Waals surface area contributed by atoms with E-state index in [1.54, 1.807) is 30.5 Å². The van der Waals surface area contributed by atoms with Gasteiger partial charge in [-0.05, 0) is 80.9 Å². The van der Waals surface area contributed by atoms with Gasteiger partial charge in [0.1, 0.15) is 23.5 Å². The Balaban J connectivity index is 1.14. The molecule has 0 aliphatic carbocycles. The van der Waals surface area contributed by atoms with Gasteiger partial charge < -0.3 is 14.9 Å². The first-order valence-corrected chi connectivity index (χ1v) is 18.1. The summed E-state index contributed by atoms with van der Waals surface area (Å²) in [6.07, 6.45) is 6.95. The fourth-order valence-electron chi connectivity index (χ4n) is 7.54. The van der Waals surface area contributed by atoms with Crippen LogP contribution in [-0.2, 0) is 16.6 Å². The maximum atomic E-state index is 14.3. The number of fused-ring (bicyclic) bond motifs is 3. The van der Waals surface area contributed by atoms with Crippen LogP contribution in [0.2, 0.25) is 0 Å². The van der Waals surface area contributed by atoms with E-state index in [9.17, 15) is 23.2 Å². The van der Waals surface area contributed by atoms with Crippen LogP contribution in [0.1, 0.15) is 35.2 Å². The number of phenolic OH excluding ortho intramolecular Hbond substituents is 1. The summed E-state index contributed by atoms with van der Waals surface area (Å²) < 4.78 is 43.8. The molecule has 2 unspecified atom stereocenters. The lowest BCUT2D eigenvalue weighted by Crippen LogP contribution is -2.68. The van der Waals surface area contributed by atoms with Gasteiger partial charge in [0.2, 0.25) is 0 Å². The van der Waals surface area contributed by atoms with Crippen LogP contribution in [0.3, 0.4) is 0 Å². The number of phenols is 1. The van der Waals surface area contributed by atoms with Crippen molar-refractivity contribution in [3.05, 3.63) is 107 Å². The van der Waals surface area contributed by atoms with Crippen LogP contribution in [0, 0.1) is 24.1 Å². The summed E-state index contributed by atoms with van der Waals surface area (Å²) in [6.45, 7) is 5.38. The number of aromatic nitrogens is 3. The van der Waals surface area contributed by atoms with Gasteiger partial charge in [0.15, 0.2) is 5.65 Å². The molecule has 3 saturated heterocycles. The molecule has 5 aromatic rings. The summed E-state index contributed by atoms with van der Waals surface area (Å²) in [7, 11) is -2.01. The molecule has 12 heteroatoms. The number of piperidine rings is 1.